The minimum Gasteiger partial charge on any atom is -0.507 e. The van der Waals surface area contributed by atoms with Gasteiger partial charge in [0, 0.05) is 0 Å². The zero-order valence-corrected chi connectivity index (χ0v) is 13.2. The SMILES string of the molecule is CCCCCCCCOC(=O)c1cc2ccccc2cc1O. The highest BCUT2D eigenvalue weighted by atomic mass is 16.5. The Labute approximate surface area is 131 Å². The molecule has 0 amide bonds. The van der Waals surface area contributed by atoms with Gasteiger partial charge < -0.3 is 9.84 Å². The first-order valence-electron chi connectivity index (χ1n) is 8.11. The maximum atomic E-state index is 12.1. The summed E-state index contributed by atoms with van der Waals surface area (Å²) >= 11 is 0. The van der Waals surface area contributed by atoms with Crippen molar-refractivity contribution in [1.29, 1.82) is 0 Å². The molecule has 2 aromatic rings. The third kappa shape index (κ3) is 4.48. The topological polar surface area (TPSA) is 46.5 Å². The summed E-state index contributed by atoms with van der Waals surface area (Å²) in [7, 11) is 0. The zero-order chi connectivity index (χ0) is 15.8. The lowest BCUT2D eigenvalue weighted by Gasteiger charge is -2.08. The molecule has 2 rings (SSSR count). The Morgan fingerprint density at radius 1 is 1.00 bits per heavy atom. The molecule has 0 atom stereocenters. The number of hydrogen-bond acceptors (Lipinski definition) is 3. The summed E-state index contributed by atoms with van der Waals surface area (Å²) in [6, 6.07) is 10.9. The predicted molar refractivity (Wildman–Crippen MR) is 89.3 cm³/mol. The number of esters is 1. The van der Waals surface area contributed by atoms with E-state index in [1.165, 1.54) is 25.7 Å². The second kappa shape index (κ2) is 8.42. The van der Waals surface area contributed by atoms with Crippen LogP contribution in [0.3, 0.4) is 0 Å². The second-order valence-electron chi connectivity index (χ2n) is 5.62. The van der Waals surface area contributed by atoms with Crippen molar-refractivity contribution in [2.75, 3.05) is 6.61 Å². The molecule has 0 fully saturated rings. The normalized spacial score (nSPS) is 10.8. The van der Waals surface area contributed by atoms with E-state index in [1.807, 2.05) is 24.3 Å². The summed E-state index contributed by atoms with van der Waals surface area (Å²) in [6.07, 6.45) is 6.89. The lowest BCUT2D eigenvalue weighted by molar-refractivity contribution is 0.0494. The standard InChI is InChI=1S/C19H24O3/c1-2-3-4-5-6-9-12-22-19(21)17-13-15-10-7-8-11-16(15)14-18(17)20/h7-8,10-11,13-14,20H,2-6,9,12H2,1H3. The van der Waals surface area contributed by atoms with Crippen LogP contribution in [0.2, 0.25) is 0 Å². The smallest absolute Gasteiger partial charge is 0.341 e. The van der Waals surface area contributed by atoms with Gasteiger partial charge in [-0.05, 0) is 29.3 Å². The maximum absolute atomic E-state index is 12.1. The fourth-order valence-electron chi connectivity index (χ4n) is 2.52. The van der Waals surface area contributed by atoms with E-state index in [1.54, 1.807) is 12.1 Å². The molecule has 0 saturated carbocycles. The Hall–Kier alpha value is -2.03. The number of carbonyl (C=O) groups is 1. The van der Waals surface area contributed by atoms with Gasteiger partial charge in [-0.3, -0.25) is 0 Å². The highest BCUT2D eigenvalue weighted by molar-refractivity contribution is 5.98. The largest absolute Gasteiger partial charge is 0.507 e. The van der Waals surface area contributed by atoms with Crippen molar-refractivity contribution in [2.45, 2.75) is 45.4 Å². The van der Waals surface area contributed by atoms with Gasteiger partial charge in [0.25, 0.3) is 0 Å². The molecule has 3 nitrogen and oxygen atoms in total. The van der Waals surface area contributed by atoms with Crippen molar-refractivity contribution in [3.63, 3.8) is 0 Å². The van der Waals surface area contributed by atoms with Crippen LogP contribution in [0.15, 0.2) is 36.4 Å². The van der Waals surface area contributed by atoms with Crippen molar-refractivity contribution in [2.24, 2.45) is 0 Å². The summed E-state index contributed by atoms with van der Waals surface area (Å²) in [5.41, 5.74) is 0.240. The summed E-state index contributed by atoms with van der Waals surface area (Å²) in [5, 5.41) is 11.8. The minimum absolute atomic E-state index is 0.0216. The van der Waals surface area contributed by atoms with Gasteiger partial charge in [0.15, 0.2) is 0 Å². The lowest BCUT2D eigenvalue weighted by atomic mass is 10.1. The molecule has 1 N–H and O–H groups in total. The van der Waals surface area contributed by atoms with Crippen LogP contribution in [0.4, 0.5) is 0 Å². The number of phenols is 1. The second-order valence-corrected chi connectivity index (χ2v) is 5.62. The molecule has 3 heteroatoms. The van der Waals surface area contributed by atoms with E-state index in [0.29, 0.717) is 6.61 Å². The summed E-state index contributed by atoms with van der Waals surface area (Å²) in [4.78, 5) is 12.1. The van der Waals surface area contributed by atoms with Crippen LogP contribution in [0.25, 0.3) is 10.8 Å². The lowest BCUT2D eigenvalue weighted by Crippen LogP contribution is -2.06. The Balaban J connectivity index is 1.86. The number of hydrogen-bond donors (Lipinski definition) is 1. The molecule has 22 heavy (non-hydrogen) atoms. The van der Waals surface area contributed by atoms with Gasteiger partial charge in [-0.2, -0.15) is 0 Å². The van der Waals surface area contributed by atoms with Crippen LogP contribution in [-0.4, -0.2) is 17.7 Å². The van der Waals surface area contributed by atoms with E-state index < -0.39 is 5.97 Å². The van der Waals surface area contributed by atoms with Gasteiger partial charge in [0.05, 0.1) is 6.61 Å². The Morgan fingerprint density at radius 2 is 1.64 bits per heavy atom. The van der Waals surface area contributed by atoms with Crippen LogP contribution in [0.5, 0.6) is 5.75 Å². The van der Waals surface area contributed by atoms with E-state index >= 15 is 0 Å². The van der Waals surface area contributed by atoms with E-state index in [9.17, 15) is 9.90 Å². The van der Waals surface area contributed by atoms with E-state index in [2.05, 4.69) is 6.92 Å². The molecule has 0 bridgehead atoms. The molecule has 0 aromatic heterocycles. The molecule has 0 aliphatic heterocycles. The van der Waals surface area contributed by atoms with Crippen molar-refractivity contribution in [1.82, 2.24) is 0 Å². The molecule has 0 radical (unpaired) electrons. The van der Waals surface area contributed by atoms with Crippen LogP contribution in [-0.2, 0) is 4.74 Å². The van der Waals surface area contributed by atoms with E-state index in [-0.39, 0.29) is 11.3 Å². The number of rotatable bonds is 8. The summed E-state index contributed by atoms with van der Waals surface area (Å²) in [5.74, 6) is -0.469. The molecular weight excluding hydrogens is 276 g/mol. The first-order chi connectivity index (χ1) is 10.7. The van der Waals surface area contributed by atoms with Gasteiger partial charge >= 0.3 is 5.97 Å². The number of unbranched alkanes of at least 4 members (excludes halogenated alkanes) is 5. The minimum atomic E-state index is -0.447. The first kappa shape index (κ1) is 16.3. The van der Waals surface area contributed by atoms with E-state index in [0.717, 1.165) is 23.6 Å². The number of aromatic hydroxyl groups is 1. The average molecular weight is 300 g/mol. The van der Waals surface area contributed by atoms with Gasteiger partial charge in [-0.25, -0.2) is 4.79 Å². The Bertz CT molecular complexity index is 619. The molecule has 2 aromatic carbocycles. The first-order valence-corrected chi connectivity index (χ1v) is 8.11. The van der Waals surface area contributed by atoms with Gasteiger partial charge in [0.1, 0.15) is 11.3 Å². The number of ether oxygens (including phenoxy) is 1. The zero-order valence-electron chi connectivity index (χ0n) is 13.2. The van der Waals surface area contributed by atoms with Crippen molar-refractivity contribution in [3.8, 4) is 5.75 Å². The number of fused-ring (bicyclic) bond motifs is 1. The highest BCUT2D eigenvalue weighted by Crippen LogP contribution is 2.25. The Morgan fingerprint density at radius 3 is 2.36 bits per heavy atom. The number of phenolic OH excluding ortho intramolecular Hbond substituents is 1. The summed E-state index contributed by atoms with van der Waals surface area (Å²) < 4.78 is 5.27. The van der Waals surface area contributed by atoms with Crippen LogP contribution < -0.4 is 0 Å². The monoisotopic (exact) mass is 300 g/mol. The molecule has 0 saturated heterocycles. The number of benzene rings is 2. The molecule has 0 spiro atoms. The highest BCUT2D eigenvalue weighted by Gasteiger charge is 2.13. The van der Waals surface area contributed by atoms with Crippen LogP contribution in [0.1, 0.15) is 55.8 Å². The maximum Gasteiger partial charge on any atom is 0.341 e. The average Bonchev–Trinajstić information content (AvgIpc) is 2.53. The van der Waals surface area contributed by atoms with Gasteiger partial charge in [-0.1, -0.05) is 63.3 Å². The quantitative estimate of drug-likeness (QED) is 0.547. The van der Waals surface area contributed by atoms with Crippen molar-refractivity contribution >= 4 is 16.7 Å². The fraction of sp³-hybridized carbons (Fsp3) is 0.421. The fourth-order valence-corrected chi connectivity index (χ4v) is 2.52. The molecular formula is C19H24O3. The molecule has 0 aliphatic carbocycles. The molecule has 0 heterocycles. The van der Waals surface area contributed by atoms with Crippen molar-refractivity contribution < 1.29 is 14.6 Å². The molecule has 118 valence electrons. The van der Waals surface area contributed by atoms with Crippen LogP contribution in [0, 0.1) is 0 Å². The Kier molecular flexibility index (Phi) is 6.26. The molecule has 0 unspecified atom stereocenters. The van der Waals surface area contributed by atoms with Crippen LogP contribution >= 0.6 is 0 Å². The predicted octanol–water partition coefficient (Wildman–Crippen LogP) is 5.06. The number of carbonyl (C=O) groups excluding carboxylic acids is 1. The van der Waals surface area contributed by atoms with Gasteiger partial charge in [-0.15, -0.1) is 0 Å². The van der Waals surface area contributed by atoms with Gasteiger partial charge in [0.2, 0.25) is 0 Å². The summed E-state index contributed by atoms with van der Waals surface area (Å²) in [6.45, 7) is 2.61. The third-order valence-electron chi connectivity index (χ3n) is 3.81. The van der Waals surface area contributed by atoms with E-state index in [4.69, 9.17) is 4.74 Å². The van der Waals surface area contributed by atoms with Crippen molar-refractivity contribution in [3.05, 3.63) is 42.0 Å². The molecule has 0 aliphatic rings. The third-order valence-corrected chi connectivity index (χ3v) is 3.81.